The lowest BCUT2D eigenvalue weighted by Crippen LogP contribution is -2.31. The minimum atomic E-state index is 0.0439. The van der Waals surface area contributed by atoms with Crippen LogP contribution in [0.2, 0.25) is 10.0 Å². The van der Waals surface area contributed by atoms with E-state index in [1.165, 1.54) is 0 Å². The lowest BCUT2D eigenvalue weighted by Gasteiger charge is -2.18. The van der Waals surface area contributed by atoms with Gasteiger partial charge in [0, 0.05) is 18.6 Å². The molecule has 148 valence electrons. The third-order valence-corrected chi connectivity index (χ3v) is 5.08. The molecule has 1 amide bonds. The summed E-state index contributed by atoms with van der Waals surface area (Å²) in [5.74, 6) is 1.24. The number of para-hydroxylation sites is 2. The molecule has 0 saturated carbocycles. The number of fused-ring (bicyclic) bond motifs is 1. The second-order valence-corrected chi connectivity index (χ2v) is 7.48. The highest BCUT2D eigenvalue weighted by Gasteiger charge is 2.17. The van der Waals surface area contributed by atoms with E-state index in [2.05, 4.69) is 11.9 Å². The van der Waals surface area contributed by atoms with Crippen molar-refractivity contribution >= 4 is 40.1 Å². The van der Waals surface area contributed by atoms with E-state index in [0.29, 0.717) is 21.6 Å². The van der Waals surface area contributed by atoms with Crippen molar-refractivity contribution in [2.24, 2.45) is 0 Å². The van der Waals surface area contributed by atoms with Gasteiger partial charge in [0.25, 0.3) is 0 Å². The first-order chi connectivity index (χ1) is 13.5. The van der Waals surface area contributed by atoms with Crippen LogP contribution >= 0.6 is 23.2 Å². The maximum atomic E-state index is 12.7. The van der Waals surface area contributed by atoms with E-state index in [1.807, 2.05) is 35.9 Å². The molecule has 2 aromatic carbocycles. The molecule has 28 heavy (non-hydrogen) atoms. The molecular weight excluding hydrogens is 397 g/mol. The lowest BCUT2D eigenvalue weighted by atomic mass is 10.3. The van der Waals surface area contributed by atoms with Crippen LogP contribution in [0.15, 0.2) is 42.5 Å². The number of aromatic nitrogens is 2. The number of ether oxygens (including phenoxy) is 1. The van der Waals surface area contributed by atoms with Gasteiger partial charge in [-0.1, -0.05) is 48.7 Å². The summed E-state index contributed by atoms with van der Waals surface area (Å²) in [6.45, 7) is 3.27. The van der Waals surface area contributed by atoms with Gasteiger partial charge in [0.1, 0.15) is 24.7 Å². The molecule has 1 aromatic heterocycles. The van der Waals surface area contributed by atoms with Gasteiger partial charge in [0.05, 0.1) is 16.1 Å². The number of hydrogen-bond acceptors (Lipinski definition) is 3. The first-order valence-corrected chi connectivity index (χ1v) is 10.0. The molecule has 0 bridgehead atoms. The maximum absolute atomic E-state index is 12.7. The van der Waals surface area contributed by atoms with Gasteiger partial charge < -0.3 is 14.2 Å². The summed E-state index contributed by atoms with van der Waals surface area (Å²) in [5.41, 5.74) is 1.73. The van der Waals surface area contributed by atoms with Crippen molar-refractivity contribution in [2.75, 3.05) is 13.6 Å². The van der Waals surface area contributed by atoms with E-state index in [1.54, 1.807) is 23.1 Å². The highest BCUT2D eigenvalue weighted by Crippen LogP contribution is 2.28. The van der Waals surface area contributed by atoms with Crippen molar-refractivity contribution in [3.05, 3.63) is 58.3 Å². The molecule has 0 unspecified atom stereocenters. The number of amides is 1. The number of benzene rings is 2. The number of rotatable bonds is 8. The Bertz CT molecular complexity index is 971. The largest absolute Gasteiger partial charge is 0.484 e. The SMILES string of the molecule is CCCCN(C)C(=O)Cn1c(COc2ccc(Cl)cc2Cl)nc2ccccc21. The third-order valence-electron chi connectivity index (χ3n) is 4.55. The number of likely N-dealkylation sites (N-methyl/N-ethyl adjacent to an activating group) is 1. The van der Waals surface area contributed by atoms with Crippen LogP contribution in [0.1, 0.15) is 25.6 Å². The fourth-order valence-corrected chi connectivity index (χ4v) is 3.39. The number of nitrogens with zero attached hydrogens (tertiary/aromatic N) is 3. The average Bonchev–Trinajstić information content (AvgIpc) is 3.03. The topological polar surface area (TPSA) is 47.4 Å². The molecule has 1 heterocycles. The molecule has 0 aliphatic carbocycles. The Labute approximate surface area is 174 Å². The van der Waals surface area contributed by atoms with Crippen LogP contribution in [-0.2, 0) is 17.9 Å². The Morgan fingerprint density at radius 3 is 2.75 bits per heavy atom. The quantitative estimate of drug-likeness (QED) is 0.505. The van der Waals surface area contributed by atoms with E-state index >= 15 is 0 Å². The number of carbonyl (C=O) groups excluding carboxylic acids is 1. The van der Waals surface area contributed by atoms with Crippen LogP contribution in [0.5, 0.6) is 5.75 Å². The smallest absolute Gasteiger partial charge is 0.242 e. The number of carbonyl (C=O) groups is 1. The summed E-state index contributed by atoms with van der Waals surface area (Å²) in [5, 5.41) is 0.982. The highest BCUT2D eigenvalue weighted by atomic mass is 35.5. The standard InChI is InChI=1S/C21H23Cl2N3O2/c1-3-4-11-25(2)21(27)13-26-18-8-6-5-7-17(18)24-20(26)14-28-19-10-9-15(22)12-16(19)23/h5-10,12H,3-4,11,13-14H2,1-2H3. The van der Waals surface area contributed by atoms with Crippen molar-refractivity contribution in [1.82, 2.24) is 14.5 Å². The van der Waals surface area contributed by atoms with Crippen molar-refractivity contribution in [3.8, 4) is 5.75 Å². The Hall–Kier alpha value is -2.24. The van der Waals surface area contributed by atoms with Gasteiger partial charge in [0.2, 0.25) is 5.91 Å². The third kappa shape index (κ3) is 4.78. The fraction of sp³-hybridized carbons (Fsp3) is 0.333. The zero-order valence-electron chi connectivity index (χ0n) is 16.0. The first-order valence-electron chi connectivity index (χ1n) is 9.25. The Balaban J connectivity index is 1.83. The van der Waals surface area contributed by atoms with Crippen molar-refractivity contribution in [2.45, 2.75) is 32.9 Å². The van der Waals surface area contributed by atoms with Crippen molar-refractivity contribution in [1.29, 1.82) is 0 Å². The first kappa shape index (κ1) is 20.5. The predicted molar refractivity (Wildman–Crippen MR) is 113 cm³/mol. The summed E-state index contributed by atoms with van der Waals surface area (Å²) in [6, 6.07) is 12.8. The summed E-state index contributed by atoms with van der Waals surface area (Å²) in [4.78, 5) is 19.1. The molecule has 0 spiro atoms. The minimum Gasteiger partial charge on any atom is -0.484 e. The molecule has 3 aromatic rings. The number of halogens is 2. The summed E-state index contributed by atoms with van der Waals surface area (Å²) < 4.78 is 7.76. The molecule has 3 rings (SSSR count). The summed E-state index contributed by atoms with van der Waals surface area (Å²) in [7, 11) is 1.83. The second-order valence-electron chi connectivity index (χ2n) is 6.64. The Kier molecular flexibility index (Phi) is 6.81. The van der Waals surface area contributed by atoms with E-state index in [0.717, 1.165) is 30.4 Å². The number of imidazole rings is 1. The van der Waals surface area contributed by atoms with E-state index in [4.69, 9.17) is 27.9 Å². The van der Waals surface area contributed by atoms with E-state index < -0.39 is 0 Å². The predicted octanol–water partition coefficient (Wildman–Crippen LogP) is 5.18. The van der Waals surface area contributed by atoms with Crippen LogP contribution in [0, 0.1) is 0 Å². The molecule has 0 saturated heterocycles. The molecule has 7 heteroatoms. The molecule has 0 aliphatic heterocycles. The summed E-state index contributed by atoms with van der Waals surface area (Å²) in [6.07, 6.45) is 2.03. The van der Waals surface area contributed by atoms with Gasteiger partial charge in [0.15, 0.2) is 0 Å². The van der Waals surface area contributed by atoms with Crippen LogP contribution < -0.4 is 4.74 Å². The van der Waals surface area contributed by atoms with Crippen LogP contribution in [0.4, 0.5) is 0 Å². The minimum absolute atomic E-state index is 0.0439. The van der Waals surface area contributed by atoms with E-state index in [9.17, 15) is 4.79 Å². The molecule has 0 fully saturated rings. The maximum Gasteiger partial charge on any atom is 0.242 e. The number of hydrogen-bond donors (Lipinski definition) is 0. The monoisotopic (exact) mass is 419 g/mol. The molecule has 0 aliphatic rings. The molecule has 0 N–H and O–H groups in total. The second kappa shape index (κ2) is 9.30. The fourth-order valence-electron chi connectivity index (χ4n) is 2.92. The van der Waals surface area contributed by atoms with Crippen molar-refractivity contribution < 1.29 is 9.53 Å². The Morgan fingerprint density at radius 1 is 1.21 bits per heavy atom. The molecule has 0 radical (unpaired) electrons. The van der Waals surface area contributed by atoms with Gasteiger partial charge in [-0.2, -0.15) is 0 Å². The molecule has 0 atom stereocenters. The highest BCUT2D eigenvalue weighted by molar-refractivity contribution is 6.35. The zero-order chi connectivity index (χ0) is 20.1. The van der Waals surface area contributed by atoms with Gasteiger partial charge in [-0.05, 0) is 36.8 Å². The number of unbranched alkanes of at least 4 members (excludes halogenated alkanes) is 1. The molecule has 5 nitrogen and oxygen atoms in total. The summed E-state index contributed by atoms with van der Waals surface area (Å²) >= 11 is 12.1. The van der Waals surface area contributed by atoms with Crippen LogP contribution in [0.3, 0.4) is 0 Å². The normalized spacial score (nSPS) is 11.0. The molecular formula is C21H23Cl2N3O2. The van der Waals surface area contributed by atoms with Gasteiger partial charge >= 0.3 is 0 Å². The van der Waals surface area contributed by atoms with Crippen molar-refractivity contribution in [3.63, 3.8) is 0 Å². The Morgan fingerprint density at radius 2 is 2.00 bits per heavy atom. The van der Waals surface area contributed by atoms with E-state index in [-0.39, 0.29) is 19.1 Å². The average molecular weight is 420 g/mol. The van der Waals surface area contributed by atoms with Gasteiger partial charge in [-0.15, -0.1) is 0 Å². The zero-order valence-corrected chi connectivity index (χ0v) is 17.5. The van der Waals surface area contributed by atoms with Crippen LogP contribution in [-0.4, -0.2) is 34.0 Å². The van der Waals surface area contributed by atoms with Gasteiger partial charge in [-0.25, -0.2) is 4.98 Å². The van der Waals surface area contributed by atoms with Crippen LogP contribution in [0.25, 0.3) is 11.0 Å². The lowest BCUT2D eigenvalue weighted by molar-refractivity contribution is -0.130. The van der Waals surface area contributed by atoms with Gasteiger partial charge in [-0.3, -0.25) is 4.79 Å².